The van der Waals surface area contributed by atoms with E-state index in [1.807, 2.05) is 0 Å². The summed E-state index contributed by atoms with van der Waals surface area (Å²) in [4.78, 5) is 0. The average molecular weight is 213 g/mol. The van der Waals surface area contributed by atoms with Gasteiger partial charge in [0.15, 0.2) is 0 Å². The minimum absolute atomic E-state index is 0.889. The van der Waals surface area contributed by atoms with E-state index < -0.39 is 0 Å². The molecule has 0 atom stereocenters. The highest BCUT2D eigenvalue weighted by Crippen LogP contribution is 2.09. The van der Waals surface area contributed by atoms with Crippen molar-refractivity contribution in [2.75, 3.05) is 26.3 Å². The summed E-state index contributed by atoms with van der Waals surface area (Å²) in [6, 6.07) is 0. The molecule has 1 N–H and O–H groups in total. The first kappa shape index (κ1) is 13.0. The van der Waals surface area contributed by atoms with Crippen LogP contribution in [0.5, 0.6) is 0 Å². The molecule has 1 aliphatic rings. The number of hydrogen-bond acceptors (Lipinski definition) is 2. The summed E-state index contributed by atoms with van der Waals surface area (Å²) >= 11 is 0. The van der Waals surface area contributed by atoms with E-state index in [1.165, 1.54) is 64.3 Å². The Balaban J connectivity index is 2.01. The van der Waals surface area contributed by atoms with Gasteiger partial charge in [0.05, 0.1) is 6.61 Å². The van der Waals surface area contributed by atoms with Crippen LogP contribution < -0.4 is 5.32 Å². The fourth-order valence-corrected chi connectivity index (χ4v) is 2.06. The van der Waals surface area contributed by atoms with Gasteiger partial charge in [0, 0.05) is 13.2 Å². The molecule has 0 aliphatic carbocycles. The molecule has 0 saturated carbocycles. The molecule has 0 unspecified atom stereocenters. The lowest BCUT2D eigenvalue weighted by atomic mass is 10.1. The molecule has 0 aromatic carbocycles. The van der Waals surface area contributed by atoms with Gasteiger partial charge in [-0.3, -0.25) is 0 Å². The molecule has 2 nitrogen and oxygen atoms in total. The van der Waals surface area contributed by atoms with Crippen molar-refractivity contribution >= 4 is 0 Å². The standard InChI is InChI=1S/C13H27NO/c1-2-4-6-8-10-14-11-13-15-12-9-7-5-3-1/h14H,1-13H2. The van der Waals surface area contributed by atoms with Gasteiger partial charge in [-0.15, -0.1) is 0 Å². The van der Waals surface area contributed by atoms with Crippen LogP contribution in [-0.4, -0.2) is 26.3 Å². The lowest BCUT2D eigenvalue weighted by Crippen LogP contribution is -2.21. The normalized spacial score (nSPS) is 24.0. The van der Waals surface area contributed by atoms with Gasteiger partial charge < -0.3 is 10.1 Å². The molecule has 0 aromatic rings. The second kappa shape index (κ2) is 10.4. The largest absolute Gasteiger partial charge is 0.380 e. The minimum atomic E-state index is 0.889. The molecule has 0 bridgehead atoms. The first-order valence-corrected chi connectivity index (χ1v) is 6.78. The fourth-order valence-electron chi connectivity index (χ4n) is 2.06. The summed E-state index contributed by atoms with van der Waals surface area (Å²) in [5.41, 5.74) is 0. The molecule has 0 amide bonds. The summed E-state index contributed by atoms with van der Waals surface area (Å²) in [6.07, 6.45) is 12.5. The Bertz CT molecular complexity index is 69.1. The van der Waals surface area contributed by atoms with Crippen LogP contribution in [0, 0.1) is 0 Å². The minimum Gasteiger partial charge on any atom is -0.380 e. The Morgan fingerprint density at radius 2 is 1.13 bits per heavy atom. The second-order valence-corrected chi connectivity index (χ2v) is 4.54. The highest BCUT2D eigenvalue weighted by atomic mass is 16.5. The van der Waals surface area contributed by atoms with Gasteiger partial charge in [0.25, 0.3) is 0 Å². The number of nitrogens with one attached hydrogen (secondary N) is 1. The zero-order valence-corrected chi connectivity index (χ0v) is 10.1. The molecule has 1 fully saturated rings. The van der Waals surface area contributed by atoms with Crippen molar-refractivity contribution in [3.05, 3.63) is 0 Å². The molecular weight excluding hydrogens is 186 g/mol. The molecular formula is C13H27NO. The lowest BCUT2D eigenvalue weighted by Gasteiger charge is -2.05. The number of ether oxygens (including phenoxy) is 1. The van der Waals surface area contributed by atoms with Gasteiger partial charge in [-0.1, -0.05) is 44.9 Å². The summed E-state index contributed by atoms with van der Waals surface area (Å²) < 4.78 is 5.55. The average Bonchev–Trinajstić information content (AvgIpc) is 2.27. The zero-order chi connectivity index (χ0) is 10.6. The molecule has 2 heteroatoms. The maximum atomic E-state index is 5.55. The van der Waals surface area contributed by atoms with Crippen molar-refractivity contribution in [2.24, 2.45) is 0 Å². The SMILES string of the molecule is C1CCCCCNCCOCCCCC1. The van der Waals surface area contributed by atoms with E-state index in [0.717, 1.165) is 19.8 Å². The van der Waals surface area contributed by atoms with E-state index in [0.29, 0.717) is 0 Å². The molecule has 1 saturated heterocycles. The molecule has 0 aromatic heterocycles. The predicted molar refractivity (Wildman–Crippen MR) is 65.2 cm³/mol. The van der Waals surface area contributed by atoms with Gasteiger partial charge in [-0.05, 0) is 19.4 Å². The maximum absolute atomic E-state index is 5.55. The highest BCUT2D eigenvalue weighted by Gasteiger charge is 1.95. The lowest BCUT2D eigenvalue weighted by molar-refractivity contribution is 0.131. The van der Waals surface area contributed by atoms with Gasteiger partial charge in [-0.25, -0.2) is 0 Å². The van der Waals surface area contributed by atoms with Crippen LogP contribution in [0.25, 0.3) is 0 Å². The van der Waals surface area contributed by atoms with Crippen LogP contribution in [0.1, 0.15) is 57.8 Å². The molecule has 15 heavy (non-hydrogen) atoms. The monoisotopic (exact) mass is 213 g/mol. The second-order valence-electron chi connectivity index (χ2n) is 4.54. The van der Waals surface area contributed by atoms with Crippen LogP contribution >= 0.6 is 0 Å². The van der Waals surface area contributed by atoms with E-state index in [-0.39, 0.29) is 0 Å². The Hall–Kier alpha value is -0.0800. The van der Waals surface area contributed by atoms with Crippen LogP contribution in [0.4, 0.5) is 0 Å². The Kier molecular flexibility index (Phi) is 9.04. The molecule has 1 aliphatic heterocycles. The summed E-state index contributed by atoms with van der Waals surface area (Å²) in [6.45, 7) is 4.05. The quantitative estimate of drug-likeness (QED) is 0.667. The van der Waals surface area contributed by atoms with Crippen molar-refractivity contribution in [1.82, 2.24) is 5.32 Å². The van der Waals surface area contributed by atoms with E-state index in [2.05, 4.69) is 5.32 Å². The Labute approximate surface area is 94.8 Å². The van der Waals surface area contributed by atoms with Crippen LogP contribution in [-0.2, 0) is 4.74 Å². The smallest absolute Gasteiger partial charge is 0.0590 e. The third kappa shape index (κ3) is 8.88. The predicted octanol–water partition coefficient (Wildman–Crippen LogP) is 3.12. The Morgan fingerprint density at radius 3 is 1.87 bits per heavy atom. The van der Waals surface area contributed by atoms with Gasteiger partial charge >= 0.3 is 0 Å². The third-order valence-electron chi connectivity index (χ3n) is 3.07. The van der Waals surface area contributed by atoms with Gasteiger partial charge in [0.2, 0.25) is 0 Å². The van der Waals surface area contributed by atoms with Crippen molar-refractivity contribution in [1.29, 1.82) is 0 Å². The first-order valence-electron chi connectivity index (χ1n) is 6.78. The van der Waals surface area contributed by atoms with Gasteiger partial charge in [-0.2, -0.15) is 0 Å². The summed E-state index contributed by atoms with van der Waals surface area (Å²) in [5, 5.41) is 3.43. The molecule has 0 spiro atoms. The van der Waals surface area contributed by atoms with E-state index in [9.17, 15) is 0 Å². The van der Waals surface area contributed by atoms with Gasteiger partial charge in [0.1, 0.15) is 0 Å². The molecule has 90 valence electrons. The van der Waals surface area contributed by atoms with Crippen LogP contribution in [0.15, 0.2) is 0 Å². The topological polar surface area (TPSA) is 21.3 Å². The molecule has 1 heterocycles. The highest BCUT2D eigenvalue weighted by molar-refractivity contribution is 4.51. The zero-order valence-electron chi connectivity index (χ0n) is 10.1. The van der Waals surface area contributed by atoms with Crippen molar-refractivity contribution in [3.63, 3.8) is 0 Å². The third-order valence-corrected chi connectivity index (χ3v) is 3.07. The van der Waals surface area contributed by atoms with Crippen molar-refractivity contribution < 1.29 is 4.74 Å². The van der Waals surface area contributed by atoms with E-state index >= 15 is 0 Å². The van der Waals surface area contributed by atoms with E-state index in [4.69, 9.17) is 4.74 Å². The van der Waals surface area contributed by atoms with Crippen LogP contribution in [0.2, 0.25) is 0 Å². The fraction of sp³-hybridized carbons (Fsp3) is 1.00. The maximum Gasteiger partial charge on any atom is 0.0590 e. The Morgan fingerprint density at radius 1 is 0.533 bits per heavy atom. The van der Waals surface area contributed by atoms with Crippen molar-refractivity contribution in [2.45, 2.75) is 57.8 Å². The van der Waals surface area contributed by atoms with E-state index in [1.54, 1.807) is 0 Å². The van der Waals surface area contributed by atoms with Crippen LogP contribution in [0.3, 0.4) is 0 Å². The number of hydrogen-bond donors (Lipinski definition) is 1. The van der Waals surface area contributed by atoms with Crippen molar-refractivity contribution in [3.8, 4) is 0 Å². The summed E-state index contributed by atoms with van der Waals surface area (Å²) in [5.74, 6) is 0. The summed E-state index contributed by atoms with van der Waals surface area (Å²) in [7, 11) is 0. The first-order chi connectivity index (χ1) is 7.50. The number of rotatable bonds is 0. The molecule has 0 radical (unpaired) electrons. The molecule has 1 rings (SSSR count).